The molecule has 0 bridgehead atoms. The van der Waals surface area contributed by atoms with E-state index in [1.54, 1.807) is 43.3 Å². The van der Waals surface area contributed by atoms with Crippen LogP contribution in [0.5, 0.6) is 0 Å². The fourth-order valence-electron chi connectivity index (χ4n) is 2.78. The van der Waals surface area contributed by atoms with Gasteiger partial charge >= 0.3 is 0 Å². The Morgan fingerprint density at radius 2 is 1.80 bits per heavy atom. The summed E-state index contributed by atoms with van der Waals surface area (Å²) in [4.78, 5) is 26.4. The minimum atomic E-state index is -3.97. The van der Waals surface area contributed by atoms with E-state index in [4.69, 9.17) is 11.6 Å². The van der Waals surface area contributed by atoms with Crippen molar-refractivity contribution in [2.75, 3.05) is 11.9 Å². The molecule has 2 amide bonds. The van der Waals surface area contributed by atoms with Gasteiger partial charge in [0.05, 0.1) is 4.90 Å². The zero-order chi connectivity index (χ0) is 21.9. The molecular weight excluding hydrogens is 446 g/mol. The molecule has 0 spiro atoms. The molecule has 2 aromatic carbocycles. The number of aryl methyl sites for hydroxylation is 1. The van der Waals surface area contributed by atoms with Gasteiger partial charge < -0.3 is 5.32 Å². The van der Waals surface area contributed by atoms with Gasteiger partial charge in [-0.05, 0) is 50.2 Å². The molecule has 1 N–H and O–H groups in total. The number of hydrogen-bond acceptors (Lipinski definition) is 5. The van der Waals surface area contributed by atoms with Gasteiger partial charge in [0.15, 0.2) is 5.17 Å². The van der Waals surface area contributed by atoms with Crippen LogP contribution in [0.3, 0.4) is 0 Å². The number of rotatable bonds is 6. The van der Waals surface area contributed by atoms with Crippen molar-refractivity contribution in [3.8, 4) is 0 Å². The summed E-state index contributed by atoms with van der Waals surface area (Å²) in [5, 5.41) is 2.58. The van der Waals surface area contributed by atoms with Crippen LogP contribution in [0.2, 0.25) is 5.02 Å². The van der Waals surface area contributed by atoms with Gasteiger partial charge in [0, 0.05) is 23.7 Å². The molecule has 0 aliphatic carbocycles. The maximum Gasteiger partial charge on any atom is 0.284 e. The predicted octanol–water partition coefficient (Wildman–Crippen LogP) is 3.69. The lowest BCUT2D eigenvalue weighted by molar-refractivity contribution is -0.128. The zero-order valence-corrected chi connectivity index (χ0v) is 18.7. The second-order valence-electron chi connectivity index (χ2n) is 6.61. The van der Waals surface area contributed by atoms with Crippen molar-refractivity contribution in [3.05, 3.63) is 59.1 Å². The lowest BCUT2D eigenvalue weighted by Gasteiger charge is -2.13. The van der Waals surface area contributed by atoms with E-state index in [0.717, 1.165) is 17.3 Å². The highest BCUT2D eigenvalue weighted by Gasteiger charge is 2.39. The van der Waals surface area contributed by atoms with Gasteiger partial charge in [-0.1, -0.05) is 41.1 Å². The second-order valence-corrected chi connectivity index (χ2v) is 9.82. The maximum absolute atomic E-state index is 12.7. The number of anilines is 1. The number of nitrogens with one attached hydrogen (secondary N) is 1. The van der Waals surface area contributed by atoms with E-state index in [0.29, 0.717) is 10.7 Å². The molecule has 3 rings (SSSR count). The molecule has 0 unspecified atom stereocenters. The summed E-state index contributed by atoms with van der Waals surface area (Å²) in [7, 11) is -3.97. The third-order valence-corrected chi connectivity index (χ3v) is 7.18. The molecule has 158 valence electrons. The quantitative estimate of drug-likeness (QED) is 0.701. The first kappa shape index (κ1) is 22.3. The number of halogens is 1. The monoisotopic (exact) mass is 465 g/mol. The summed E-state index contributed by atoms with van der Waals surface area (Å²) in [6.45, 7) is 3.83. The molecular formula is C20H20ClN3O4S2. The molecule has 1 fully saturated rings. The van der Waals surface area contributed by atoms with Crippen LogP contribution in [-0.4, -0.2) is 42.1 Å². The summed E-state index contributed by atoms with van der Waals surface area (Å²) >= 11 is 6.81. The van der Waals surface area contributed by atoms with Crippen LogP contribution in [0.25, 0.3) is 0 Å². The molecule has 1 aliphatic rings. The van der Waals surface area contributed by atoms with Gasteiger partial charge in [-0.3, -0.25) is 14.5 Å². The predicted molar refractivity (Wildman–Crippen MR) is 119 cm³/mol. The Bertz CT molecular complexity index is 1080. The smallest absolute Gasteiger partial charge is 0.284 e. The SMILES string of the molecule is CCN1C(=O)[C@@H](CC(=O)Nc2ccc(Cl)cc2)SC1=NS(=O)(=O)c1ccc(C)cc1. The molecule has 1 aliphatic heterocycles. The van der Waals surface area contributed by atoms with Crippen LogP contribution < -0.4 is 5.32 Å². The van der Waals surface area contributed by atoms with E-state index in [9.17, 15) is 18.0 Å². The van der Waals surface area contributed by atoms with E-state index >= 15 is 0 Å². The molecule has 0 saturated carbocycles. The van der Waals surface area contributed by atoms with Crippen molar-refractivity contribution in [1.82, 2.24) is 4.90 Å². The molecule has 0 aromatic heterocycles. The Kier molecular flexibility index (Phi) is 6.84. The van der Waals surface area contributed by atoms with Gasteiger partial charge in [0.25, 0.3) is 10.0 Å². The van der Waals surface area contributed by atoms with Crippen LogP contribution in [0.15, 0.2) is 57.8 Å². The Balaban J connectivity index is 1.75. The minimum absolute atomic E-state index is 0.0497. The summed E-state index contributed by atoms with van der Waals surface area (Å²) in [6, 6.07) is 12.9. The average molecular weight is 466 g/mol. The first-order valence-corrected chi connectivity index (χ1v) is 11.8. The minimum Gasteiger partial charge on any atom is -0.326 e. The van der Waals surface area contributed by atoms with E-state index < -0.39 is 15.3 Å². The highest BCUT2D eigenvalue weighted by Crippen LogP contribution is 2.31. The van der Waals surface area contributed by atoms with Crippen molar-refractivity contribution < 1.29 is 18.0 Å². The molecule has 7 nitrogen and oxygen atoms in total. The number of carbonyl (C=O) groups is 2. The number of carbonyl (C=O) groups excluding carboxylic acids is 2. The van der Waals surface area contributed by atoms with E-state index in [1.807, 2.05) is 6.92 Å². The second kappa shape index (κ2) is 9.20. The lowest BCUT2D eigenvalue weighted by Crippen LogP contribution is -2.33. The molecule has 1 heterocycles. The Hall–Kier alpha value is -2.36. The highest BCUT2D eigenvalue weighted by molar-refractivity contribution is 8.16. The van der Waals surface area contributed by atoms with Crippen molar-refractivity contribution in [2.45, 2.75) is 30.4 Å². The Labute approximate surface area is 184 Å². The van der Waals surface area contributed by atoms with Crippen LogP contribution in [0.1, 0.15) is 18.9 Å². The van der Waals surface area contributed by atoms with Crippen molar-refractivity contribution >= 4 is 56.1 Å². The summed E-state index contributed by atoms with van der Waals surface area (Å²) in [5.41, 5.74) is 1.48. The van der Waals surface area contributed by atoms with E-state index in [-0.39, 0.29) is 34.8 Å². The molecule has 2 aromatic rings. The van der Waals surface area contributed by atoms with E-state index in [1.165, 1.54) is 17.0 Å². The van der Waals surface area contributed by atoms with Crippen LogP contribution in [0.4, 0.5) is 5.69 Å². The summed E-state index contributed by atoms with van der Waals surface area (Å²) < 4.78 is 29.1. The number of hydrogen-bond donors (Lipinski definition) is 1. The number of nitrogens with zero attached hydrogens (tertiary/aromatic N) is 2. The largest absolute Gasteiger partial charge is 0.326 e. The molecule has 0 radical (unpaired) electrons. The summed E-state index contributed by atoms with van der Waals surface area (Å²) in [5.74, 6) is -0.700. The number of benzene rings is 2. The van der Waals surface area contributed by atoms with Crippen LogP contribution in [0, 0.1) is 6.92 Å². The van der Waals surface area contributed by atoms with E-state index in [2.05, 4.69) is 9.71 Å². The van der Waals surface area contributed by atoms with Gasteiger partial charge in [-0.15, -0.1) is 4.40 Å². The molecule has 10 heteroatoms. The first-order valence-electron chi connectivity index (χ1n) is 9.14. The normalized spacial score (nSPS) is 18.1. The zero-order valence-electron chi connectivity index (χ0n) is 16.3. The van der Waals surface area contributed by atoms with Gasteiger partial charge in [-0.25, -0.2) is 0 Å². The topological polar surface area (TPSA) is 95.9 Å². The lowest BCUT2D eigenvalue weighted by atomic mass is 10.2. The molecule has 1 saturated heterocycles. The van der Waals surface area contributed by atoms with Gasteiger partial charge in [0.1, 0.15) is 5.25 Å². The third kappa shape index (κ3) is 5.21. The molecule has 1 atom stereocenters. The number of amides is 2. The molecule has 30 heavy (non-hydrogen) atoms. The van der Waals surface area contributed by atoms with Crippen molar-refractivity contribution in [3.63, 3.8) is 0 Å². The van der Waals surface area contributed by atoms with Crippen LogP contribution >= 0.6 is 23.4 Å². The Morgan fingerprint density at radius 1 is 1.17 bits per heavy atom. The Morgan fingerprint density at radius 3 is 2.40 bits per heavy atom. The highest BCUT2D eigenvalue weighted by atomic mass is 35.5. The van der Waals surface area contributed by atoms with Crippen molar-refractivity contribution in [2.24, 2.45) is 4.40 Å². The number of sulfonamides is 1. The van der Waals surface area contributed by atoms with Gasteiger partial charge in [-0.2, -0.15) is 8.42 Å². The van der Waals surface area contributed by atoms with Crippen molar-refractivity contribution in [1.29, 1.82) is 0 Å². The fraction of sp³-hybridized carbons (Fsp3) is 0.250. The number of amidine groups is 1. The van der Waals surface area contributed by atoms with Gasteiger partial charge in [0.2, 0.25) is 11.8 Å². The first-order chi connectivity index (χ1) is 14.2. The average Bonchev–Trinajstić information content (AvgIpc) is 2.97. The summed E-state index contributed by atoms with van der Waals surface area (Å²) in [6.07, 6.45) is -0.105. The maximum atomic E-state index is 12.7. The van der Waals surface area contributed by atoms with Crippen LogP contribution in [-0.2, 0) is 19.6 Å². The number of thioether (sulfide) groups is 1. The fourth-order valence-corrected chi connectivity index (χ4v) is 5.33. The standard InChI is InChI=1S/C20H20ClN3O4S2/c1-3-24-19(26)17(12-18(25)22-15-8-6-14(21)7-9-15)29-20(24)23-30(27,28)16-10-4-13(2)5-11-16/h4-11,17H,3,12H2,1-2H3,(H,22,25)/t17-/m1/s1. The third-order valence-electron chi connectivity index (χ3n) is 4.35.